The van der Waals surface area contributed by atoms with Crippen molar-refractivity contribution in [1.29, 1.82) is 0 Å². The first-order valence-corrected chi connectivity index (χ1v) is 13.2. The Morgan fingerprint density at radius 1 is 1.11 bits per heavy atom. The van der Waals surface area contributed by atoms with Gasteiger partial charge < -0.3 is 24.4 Å². The third-order valence-electron chi connectivity index (χ3n) is 5.25. The van der Waals surface area contributed by atoms with Gasteiger partial charge in [0.25, 0.3) is 10.0 Å². The highest BCUT2D eigenvalue weighted by atomic mass is 35.5. The standard InChI is InChI=1S/C25H30ClN3O7S/c1-25(2,3)16-5-8-19(9-6-16)37(32,33)29-24-23(36-22-11-18(34-4)7-10-20(22)26)21(27-15-28-24)14-35-13-17(31)12-30/h5-11,15,17,30-31H,12-14H2,1-4H3,(H,27,28,29). The van der Waals surface area contributed by atoms with Crippen LogP contribution in [0.3, 0.4) is 0 Å². The predicted octanol–water partition coefficient (Wildman–Crippen LogP) is 3.90. The van der Waals surface area contributed by atoms with Gasteiger partial charge in [0.2, 0.25) is 0 Å². The molecule has 12 heteroatoms. The van der Waals surface area contributed by atoms with Crippen molar-refractivity contribution in [3.63, 3.8) is 0 Å². The van der Waals surface area contributed by atoms with Crippen LogP contribution in [0.1, 0.15) is 32.0 Å². The molecular formula is C25H30ClN3O7S. The molecule has 0 amide bonds. The van der Waals surface area contributed by atoms with Gasteiger partial charge in [-0.15, -0.1) is 0 Å². The smallest absolute Gasteiger partial charge is 0.263 e. The zero-order valence-corrected chi connectivity index (χ0v) is 22.5. The molecule has 1 aromatic heterocycles. The fraction of sp³-hybridized carbons (Fsp3) is 0.360. The second-order valence-corrected chi connectivity index (χ2v) is 11.2. The van der Waals surface area contributed by atoms with Gasteiger partial charge in [0.05, 0.1) is 36.8 Å². The SMILES string of the molecule is COc1ccc(Cl)c(Oc2c(COCC(O)CO)ncnc2NS(=O)(=O)c2ccc(C(C)(C)C)cc2)c1. The minimum atomic E-state index is -4.06. The minimum Gasteiger partial charge on any atom is -0.497 e. The number of aliphatic hydroxyl groups excluding tert-OH is 2. The van der Waals surface area contributed by atoms with Crippen molar-refractivity contribution in [2.75, 3.05) is 25.0 Å². The molecule has 200 valence electrons. The summed E-state index contributed by atoms with van der Waals surface area (Å²) in [7, 11) is -2.58. The molecule has 0 aliphatic rings. The summed E-state index contributed by atoms with van der Waals surface area (Å²) < 4.78 is 45.5. The Hall–Kier alpha value is -2.96. The first-order chi connectivity index (χ1) is 17.4. The number of rotatable bonds is 11. The van der Waals surface area contributed by atoms with E-state index in [-0.39, 0.29) is 51.6 Å². The van der Waals surface area contributed by atoms with E-state index in [2.05, 4.69) is 14.7 Å². The van der Waals surface area contributed by atoms with E-state index in [1.807, 2.05) is 20.8 Å². The monoisotopic (exact) mass is 551 g/mol. The van der Waals surface area contributed by atoms with Crippen molar-refractivity contribution in [3.05, 3.63) is 65.1 Å². The molecule has 3 aromatic rings. The lowest BCUT2D eigenvalue weighted by atomic mass is 9.87. The Kier molecular flexibility index (Phi) is 9.32. The van der Waals surface area contributed by atoms with Gasteiger partial charge in [-0.05, 0) is 35.2 Å². The molecule has 1 unspecified atom stereocenters. The van der Waals surface area contributed by atoms with E-state index >= 15 is 0 Å². The van der Waals surface area contributed by atoms with Crippen molar-refractivity contribution in [2.45, 2.75) is 43.8 Å². The van der Waals surface area contributed by atoms with E-state index in [0.29, 0.717) is 5.75 Å². The Morgan fingerprint density at radius 3 is 2.43 bits per heavy atom. The van der Waals surface area contributed by atoms with Crippen LogP contribution < -0.4 is 14.2 Å². The van der Waals surface area contributed by atoms with Gasteiger partial charge >= 0.3 is 0 Å². The summed E-state index contributed by atoms with van der Waals surface area (Å²) in [5.74, 6) is 0.435. The molecule has 37 heavy (non-hydrogen) atoms. The number of sulfonamides is 1. The van der Waals surface area contributed by atoms with Crippen LogP contribution in [-0.4, -0.2) is 55.0 Å². The average Bonchev–Trinajstić information content (AvgIpc) is 2.86. The van der Waals surface area contributed by atoms with Crippen molar-refractivity contribution in [2.24, 2.45) is 0 Å². The Labute approximate surface area is 221 Å². The molecule has 2 aromatic carbocycles. The zero-order chi connectivity index (χ0) is 27.2. The molecule has 0 fully saturated rings. The fourth-order valence-corrected chi connectivity index (χ4v) is 4.32. The van der Waals surface area contributed by atoms with Crippen LogP contribution in [0.25, 0.3) is 0 Å². The van der Waals surface area contributed by atoms with E-state index in [1.54, 1.807) is 24.3 Å². The molecule has 10 nitrogen and oxygen atoms in total. The minimum absolute atomic E-state index is 0.0355. The topological polar surface area (TPSA) is 140 Å². The number of hydrogen-bond acceptors (Lipinski definition) is 9. The fourth-order valence-electron chi connectivity index (χ4n) is 3.16. The van der Waals surface area contributed by atoms with Gasteiger partial charge in [-0.2, -0.15) is 0 Å². The average molecular weight is 552 g/mol. The first-order valence-electron chi connectivity index (χ1n) is 11.3. The summed E-state index contributed by atoms with van der Waals surface area (Å²) in [6, 6.07) is 11.3. The van der Waals surface area contributed by atoms with Gasteiger partial charge in [0.15, 0.2) is 11.6 Å². The molecule has 3 rings (SSSR count). The Bertz CT molecular complexity index is 1310. The largest absolute Gasteiger partial charge is 0.497 e. The van der Waals surface area contributed by atoms with Crippen LogP contribution in [0, 0.1) is 0 Å². The lowest BCUT2D eigenvalue weighted by Gasteiger charge is -2.19. The van der Waals surface area contributed by atoms with Crippen LogP contribution in [0.4, 0.5) is 5.82 Å². The van der Waals surface area contributed by atoms with Gasteiger partial charge in [-0.1, -0.05) is 44.5 Å². The van der Waals surface area contributed by atoms with E-state index in [1.165, 1.54) is 25.3 Å². The van der Waals surface area contributed by atoms with Gasteiger partial charge in [-0.25, -0.2) is 18.4 Å². The van der Waals surface area contributed by atoms with Crippen LogP contribution >= 0.6 is 11.6 Å². The highest BCUT2D eigenvalue weighted by Gasteiger charge is 2.23. The molecular weight excluding hydrogens is 522 g/mol. The second kappa shape index (κ2) is 12.1. The molecule has 0 aliphatic heterocycles. The number of ether oxygens (including phenoxy) is 3. The number of benzene rings is 2. The highest BCUT2D eigenvalue weighted by Crippen LogP contribution is 2.37. The summed E-state index contributed by atoms with van der Waals surface area (Å²) in [5, 5.41) is 18.8. The van der Waals surface area contributed by atoms with Crippen LogP contribution in [0.2, 0.25) is 5.02 Å². The maximum Gasteiger partial charge on any atom is 0.263 e. The third-order valence-corrected chi connectivity index (χ3v) is 6.92. The quantitative estimate of drug-likeness (QED) is 0.323. The molecule has 3 N–H and O–H groups in total. The number of halogens is 1. The number of hydrogen-bond donors (Lipinski definition) is 3. The van der Waals surface area contributed by atoms with Gasteiger partial charge in [0, 0.05) is 6.07 Å². The number of aromatic nitrogens is 2. The predicted molar refractivity (Wildman–Crippen MR) is 139 cm³/mol. The molecule has 1 atom stereocenters. The normalized spacial score (nSPS) is 12.7. The lowest BCUT2D eigenvalue weighted by Crippen LogP contribution is -2.20. The number of aliphatic hydroxyl groups is 2. The van der Waals surface area contributed by atoms with Crippen LogP contribution in [-0.2, 0) is 26.8 Å². The molecule has 0 saturated heterocycles. The number of nitrogens with one attached hydrogen (secondary N) is 1. The van der Waals surface area contributed by atoms with Crippen molar-refractivity contribution >= 4 is 27.4 Å². The number of nitrogens with zero attached hydrogens (tertiary/aromatic N) is 2. The summed E-state index contributed by atoms with van der Waals surface area (Å²) >= 11 is 6.30. The highest BCUT2D eigenvalue weighted by molar-refractivity contribution is 7.92. The summed E-state index contributed by atoms with van der Waals surface area (Å²) in [4.78, 5) is 8.28. The lowest BCUT2D eigenvalue weighted by molar-refractivity contribution is -0.00122. The molecule has 0 aliphatic carbocycles. The first kappa shape index (κ1) is 28.6. The Morgan fingerprint density at radius 2 is 1.81 bits per heavy atom. The summed E-state index contributed by atoms with van der Waals surface area (Å²) in [6.07, 6.45) is 0.0648. The van der Waals surface area contributed by atoms with Crippen LogP contribution in [0.15, 0.2) is 53.7 Å². The third kappa shape index (κ3) is 7.53. The molecule has 0 spiro atoms. The molecule has 0 bridgehead atoms. The molecule has 1 heterocycles. The summed E-state index contributed by atoms with van der Waals surface area (Å²) in [5.41, 5.74) is 1.02. The second-order valence-electron chi connectivity index (χ2n) is 9.13. The van der Waals surface area contributed by atoms with Gasteiger partial charge in [-0.3, -0.25) is 4.72 Å². The molecule has 0 radical (unpaired) electrons. The maximum absolute atomic E-state index is 13.2. The molecule has 0 saturated carbocycles. The maximum atomic E-state index is 13.2. The van der Waals surface area contributed by atoms with Crippen molar-refractivity contribution in [3.8, 4) is 17.2 Å². The number of methoxy groups -OCH3 is 1. The van der Waals surface area contributed by atoms with Crippen molar-refractivity contribution < 1.29 is 32.8 Å². The van der Waals surface area contributed by atoms with E-state index in [4.69, 9.17) is 30.9 Å². The van der Waals surface area contributed by atoms with E-state index in [0.717, 1.165) is 11.9 Å². The number of anilines is 1. The van der Waals surface area contributed by atoms with Gasteiger partial charge in [0.1, 0.15) is 29.6 Å². The van der Waals surface area contributed by atoms with E-state index < -0.39 is 22.7 Å². The summed E-state index contributed by atoms with van der Waals surface area (Å²) in [6.45, 7) is 5.27. The zero-order valence-electron chi connectivity index (χ0n) is 20.9. The van der Waals surface area contributed by atoms with Crippen LogP contribution in [0.5, 0.6) is 17.2 Å². The van der Waals surface area contributed by atoms with Crippen molar-refractivity contribution in [1.82, 2.24) is 9.97 Å². The Balaban J connectivity index is 1.99. The van der Waals surface area contributed by atoms with E-state index in [9.17, 15) is 13.5 Å².